The van der Waals surface area contributed by atoms with Gasteiger partial charge in [0.15, 0.2) is 5.96 Å². The molecule has 1 aliphatic heterocycles. The van der Waals surface area contributed by atoms with Crippen LogP contribution in [0.1, 0.15) is 71.3 Å². The molecule has 1 fully saturated rings. The molecule has 1 heterocycles. The minimum absolute atomic E-state index is 0.0268. The number of primary amides is 1. The van der Waals surface area contributed by atoms with Crippen molar-refractivity contribution in [3.05, 3.63) is 35.9 Å². The molecule has 0 bridgehead atoms. The van der Waals surface area contributed by atoms with Crippen molar-refractivity contribution >= 4 is 53.3 Å². The number of carboxylic acids is 1. The summed E-state index contributed by atoms with van der Waals surface area (Å²) < 4.78 is 0. The van der Waals surface area contributed by atoms with Crippen molar-refractivity contribution in [2.24, 2.45) is 33.8 Å². The van der Waals surface area contributed by atoms with Gasteiger partial charge in [0.05, 0.1) is 6.61 Å². The highest BCUT2D eigenvalue weighted by Gasteiger charge is 2.38. The standard InChI is InChI=1S/C37H59N11O10/c1-20(2)17-26(32(53)43-21(3)36(57)58)46-31(52)25(13-14-29(39)50)45-30(51)24(11-7-15-42-37(40)41)44-33(54)27(18-22-9-5-4-6-10-22)47-34(55)28-12-8-16-48(28)35(56)23(38)19-49/h4-6,9-10,20-21,23-28,49H,7-8,11-19,38H2,1-3H3,(H2,39,50)(H,43,53)(H,44,54)(H,45,51)(H,46,52)(H,47,55)(H,57,58)(H4,40,41,42)/t21-,23-,24-,25-,26-,27-,28-/m0/s1. The van der Waals surface area contributed by atoms with Gasteiger partial charge in [0.25, 0.3) is 0 Å². The van der Waals surface area contributed by atoms with Gasteiger partial charge in [-0.2, -0.15) is 0 Å². The zero-order chi connectivity index (χ0) is 43.5. The van der Waals surface area contributed by atoms with E-state index in [4.69, 9.17) is 22.9 Å². The third-order valence-corrected chi connectivity index (χ3v) is 9.23. The highest BCUT2D eigenvalue weighted by Crippen LogP contribution is 2.19. The van der Waals surface area contributed by atoms with Gasteiger partial charge in [0.2, 0.25) is 41.4 Å². The topological polar surface area (TPSA) is 357 Å². The number of aliphatic hydroxyl groups is 1. The highest BCUT2D eigenvalue weighted by molar-refractivity contribution is 5.97. The van der Waals surface area contributed by atoms with Gasteiger partial charge in [-0.1, -0.05) is 44.2 Å². The second-order valence-electron chi connectivity index (χ2n) is 14.6. The number of hydrogen-bond acceptors (Lipinski definition) is 11. The van der Waals surface area contributed by atoms with E-state index in [1.807, 2.05) is 0 Å². The fourth-order valence-electron chi connectivity index (χ4n) is 6.14. The first-order valence-corrected chi connectivity index (χ1v) is 19.1. The van der Waals surface area contributed by atoms with Gasteiger partial charge in [-0.25, -0.2) is 0 Å². The second-order valence-corrected chi connectivity index (χ2v) is 14.6. The van der Waals surface area contributed by atoms with Gasteiger partial charge in [0.1, 0.15) is 42.3 Å². The fourth-order valence-corrected chi connectivity index (χ4v) is 6.14. The Hall–Kier alpha value is -5.83. The average molecular weight is 818 g/mol. The number of aliphatic hydroxyl groups excluding tert-OH is 1. The predicted octanol–water partition coefficient (Wildman–Crippen LogP) is -3.57. The Labute approximate surface area is 336 Å². The number of amides is 7. The number of carbonyl (C=O) groups excluding carboxylic acids is 7. The summed E-state index contributed by atoms with van der Waals surface area (Å²) in [5.41, 5.74) is 22.7. The van der Waals surface area contributed by atoms with Gasteiger partial charge in [0, 0.05) is 25.9 Å². The maximum Gasteiger partial charge on any atom is 0.325 e. The molecule has 1 saturated heterocycles. The maximum atomic E-state index is 14.1. The van der Waals surface area contributed by atoms with Crippen LogP contribution in [0, 0.1) is 5.92 Å². The van der Waals surface area contributed by atoms with E-state index in [1.54, 1.807) is 44.2 Å². The van der Waals surface area contributed by atoms with Crippen LogP contribution in [0.4, 0.5) is 0 Å². The Kier molecular flexibility index (Phi) is 20.0. The summed E-state index contributed by atoms with van der Waals surface area (Å²) in [6, 6.07) is -0.0923. The van der Waals surface area contributed by atoms with Crippen LogP contribution in [0.3, 0.4) is 0 Å². The second kappa shape index (κ2) is 24.1. The van der Waals surface area contributed by atoms with E-state index in [-0.39, 0.29) is 69.9 Å². The third kappa shape index (κ3) is 16.3. The Morgan fingerprint density at radius 1 is 0.810 bits per heavy atom. The number of nitrogens with one attached hydrogen (secondary N) is 5. The monoisotopic (exact) mass is 817 g/mol. The summed E-state index contributed by atoms with van der Waals surface area (Å²) in [6.07, 6.45) is 0.258. The molecule has 1 aromatic rings. The number of carbonyl (C=O) groups is 8. The van der Waals surface area contributed by atoms with E-state index in [0.717, 1.165) is 0 Å². The van der Waals surface area contributed by atoms with E-state index in [2.05, 4.69) is 31.6 Å². The maximum absolute atomic E-state index is 14.1. The summed E-state index contributed by atoms with van der Waals surface area (Å²) in [7, 11) is 0. The Bertz CT molecular complexity index is 1620. The van der Waals surface area contributed by atoms with Crippen molar-refractivity contribution in [1.82, 2.24) is 31.5 Å². The number of rotatable bonds is 24. The molecule has 0 saturated carbocycles. The van der Waals surface area contributed by atoms with Crippen LogP contribution in [0.25, 0.3) is 0 Å². The summed E-state index contributed by atoms with van der Waals surface area (Å²) in [6.45, 7) is 4.45. The van der Waals surface area contributed by atoms with E-state index in [0.29, 0.717) is 12.0 Å². The lowest BCUT2D eigenvalue weighted by atomic mass is 10.0. The van der Waals surface area contributed by atoms with Gasteiger partial charge >= 0.3 is 5.97 Å². The average Bonchev–Trinajstić information content (AvgIpc) is 3.66. The molecule has 58 heavy (non-hydrogen) atoms. The smallest absolute Gasteiger partial charge is 0.325 e. The first-order valence-electron chi connectivity index (χ1n) is 19.1. The molecule has 322 valence electrons. The highest BCUT2D eigenvalue weighted by atomic mass is 16.4. The Balaban J connectivity index is 2.42. The number of likely N-dealkylation sites (tertiary alicyclic amines) is 1. The summed E-state index contributed by atoms with van der Waals surface area (Å²) in [5.74, 6) is -7.04. The van der Waals surface area contributed by atoms with Gasteiger partial charge < -0.3 is 64.6 Å². The molecule has 0 unspecified atom stereocenters. The molecule has 15 N–H and O–H groups in total. The van der Waals surface area contributed by atoms with Crippen molar-refractivity contribution in [1.29, 1.82) is 0 Å². The van der Waals surface area contributed by atoms with Crippen molar-refractivity contribution in [2.75, 3.05) is 19.7 Å². The largest absolute Gasteiger partial charge is 0.480 e. The quantitative estimate of drug-likeness (QED) is 0.0274. The molecule has 0 radical (unpaired) electrons. The lowest BCUT2D eigenvalue weighted by molar-refractivity contribution is -0.142. The molecule has 21 heteroatoms. The van der Waals surface area contributed by atoms with Crippen LogP contribution in [0.15, 0.2) is 35.3 Å². The number of hydrogen-bond donors (Lipinski definition) is 11. The van der Waals surface area contributed by atoms with Crippen LogP contribution in [0.5, 0.6) is 0 Å². The number of guanidine groups is 1. The van der Waals surface area contributed by atoms with Crippen LogP contribution in [-0.2, 0) is 44.8 Å². The number of benzene rings is 1. The molecule has 1 aliphatic rings. The van der Waals surface area contributed by atoms with Crippen LogP contribution < -0.4 is 49.5 Å². The van der Waals surface area contributed by atoms with Crippen molar-refractivity contribution in [2.45, 2.75) is 114 Å². The predicted molar refractivity (Wildman–Crippen MR) is 211 cm³/mol. The van der Waals surface area contributed by atoms with Crippen molar-refractivity contribution < 1.29 is 48.6 Å². The van der Waals surface area contributed by atoms with E-state index in [1.165, 1.54) is 11.8 Å². The number of nitrogens with two attached hydrogens (primary N) is 4. The van der Waals surface area contributed by atoms with Gasteiger partial charge in [-0.15, -0.1) is 0 Å². The van der Waals surface area contributed by atoms with Crippen LogP contribution >= 0.6 is 0 Å². The lowest BCUT2D eigenvalue weighted by Crippen LogP contribution is -2.60. The van der Waals surface area contributed by atoms with E-state index in [9.17, 15) is 48.6 Å². The molecule has 7 amide bonds. The zero-order valence-corrected chi connectivity index (χ0v) is 33.1. The molecule has 0 spiro atoms. The number of nitrogens with zero attached hydrogens (tertiary/aromatic N) is 2. The SMILES string of the molecule is CC(C)C[C@H](NC(=O)[C@H](CCC(N)=O)NC(=O)[C@H](CCCN=C(N)N)NC(=O)[C@H](Cc1ccccc1)NC(=O)[C@@H]1CCCN1C(=O)[C@@H](N)CO)C(=O)N[C@@H](C)C(=O)O. The lowest BCUT2D eigenvalue weighted by Gasteiger charge is -2.29. The molecule has 0 aromatic heterocycles. The van der Waals surface area contributed by atoms with E-state index < -0.39 is 96.2 Å². The van der Waals surface area contributed by atoms with Crippen LogP contribution in [-0.4, -0.2) is 130 Å². The molecular formula is C37H59N11O10. The summed E-state index contributed by atoms with van der Waals surface area (Å²) >= 11 is 0. The Morgan fingerprint density at radius 2 is 1.38 bits per heavy atom. The third-order valence-electron chi connectivity index (χ3n) is 9.23. The number of aliphatic carboxylic acids is 1. The summed E-state index contributed by atoms with van der Waals surface area (Å²) in [5, 5.41) is 31.5. The minimum atomic E-state index is -1.45. The zero-order valence-electron chi connectivity index (χ0n) is 33.1. The van der Waals surface area contributed by atoms with Crippen LogP contribution in [0.2, 0.25) is 0 Å². The van der Waals surface area contributed by atoms with E-state index >= 15 is 0 Å². The minimum Gasteiger partial charge on any atom is -0.480 e. The van der Waals surface area contributed by atoms with Crippen molar-refractivity contribution in [3.8, 4) is 0 Å². The fraction of sp³-hybridized carbons (Fsp3) is 0.595. The Morgan fingerprint density at radius 3 is 1.93 bits per heavy atom. The molecule has 21 nitrogen and oxygen atoms in total. The van der Waals surface area contributed by atoms with Crippen molar-refractivity contribution in [3.63, 3.8) is 0 Å². The van der Waals surface area contributed by atoms with Gasteiger partial charge in [-0.05, 0) is 56.9 Å². The molecule has 7 atom stereocenters. The van der Waals surface area contributed by atoms with Gasteiger partial charge in [-0.3, -0.25) is 43.3 Å². The first kappa shape index (κ1) is 48.3. The molecular weight excluding hydrogens is 758 g/mol. The molecule has 2 rings (SSSR count). The molecule has 1 aromatic carbocycles. The number of carboxylic acid groups (broad SMARTS) is 1. The first-order chi connectivity index (χ1) is 27.3. The summed E-state index contributed by atoms with van der Waals surface area (Å²) in [4.78, 5) is 110. The molecule has 0 aliphatic carbocycles. The normalized spacial score (nSPS) is 16.7. The number of aliphatic imine (C=N–C) groups is 1.